The van der Waals surface area contributed by atoms with E-state index in [1.165, 1.54) is 4.90 Å². The molecule has 1 fully saturated rings. The van der Waals surface area contributed by atoms with E-state index >= 15 is 0 Å². The monoisotopic (exact) mass is 240 g/mol. The molecule has 1 aliphatic rings. The van der Waals surface area contributed by atoms with Gasteiger partial charge in [0.15, 0.2) is 6.33 Å². The van der Waals surface area contributed by atoms with Gasteiger partial charge in [0.05, 0.1) is 6.10 Å². The average Bonchev–Trinajstić information content (AvgIpc) is 2.78. The number of hydrogen-bond acceptors (Lipinski definition) is 5. The van der Waals surface area contributed by atoms with Gasteiger partial charge in [-0.25, -0.2) is 9.97 Å². The molecule has 17 heavy (non-hydrogen) atoms. The number of imidazole rings is 1. The molecule has 1 saturated heterocycles. The standard InChI is InChI=1S/C9H12N4O4/c14-6-1-3-12(4-2-6)9(15)7-8(13(16)17)11-5-10-7/h5-6,14H,1-4H2,(H,10,11). The van der Waals surface area contributed by atoms with Crippen LogP contribution in [0.3, 0.4) is 0 Å². The van der Waals surface area contributed by atoms with E-state index in [0.29, 0.717) is 25.9 Å². The van der Waals surface area contributed by atoms with Crippen molar-refractivity contribution >= 4 is 11.7 Å². The maximum atomic E-state index is 12.0. The van der Waals surface area contributed by atoms with Gasteiger partial charge in [0.1, 0.15) is 0 Å². The minimum atomic E-state index is -0.668. The molecule has 0 radical (unpaired) electrons. The van der Waals surface area contributed by atoms with Gasteiger partial charge in [-0.15, -0.1) is 0 Å². The second kappa shape index (κ2) is 4.50. The highest BCUT2D eigenvalue weighted by atomic mass is 16.6. The molecule has 0 spiro atoms. The third kappa shape index (κ3) is 2.26. The Morgan fingerprint density at radius 3 is 2.82 bits per heavy atom. The first-order valence-electron chi connectivity index (χ1n) is 5.24. The zero-order valence-electron chi connectivity index (χ0n) is 9.00. The summed E-state index contributed by atoms with van der Waals surface area (Å²) in [5, 5.41) is 20.0. The summed E-state index contributed by atoms with van der Waals surface area (Å²) in [4.78, 5) is 29.4. The molecule has 92 valence electrons. The Morgan fingerprint density at radius 1 is 1.59 bits per heavy atom. The van der Waals surface area contributed by atoms with Crippen LogP contribution in [0.25, 0.3) is 0 Å². The summed E-state index contributed by atoms with van der Waals surface area (Å²) in [5.74, 6) is -0.856. The molecule has 1 aromatic rings. The number of carbonyl (C=O) groups is 1. The van der Waals surface area contributed by atoms with Crippen LogP contribution < -0.4 is 0 Å². The molecule has 0 bridgehead atoms. The molecular weight excluding hydrogens is 228 g/mol. The third-order valence-electron chi connectivity index (χ3n) is 2.76. The molecule has 0 saturated carbocycles. The molecule has 0 aromatic carbocycles. The van der Waals surface area contributed by atoms with Crippen molar-refractivity contribution in [1.29, 1.82) is 0 Å². The quantitative estimate of drug-likeness (QED) is 0.554. The number of aromatic amines is 1. The Labute approximate surface area is 96.4 Å². The number of aliphatic hydroxyl groups is 1. The molecule has 2 rings (SSSR count). The first-order chi connectivity index (χ1) is 8.09. The lowest BCUT2D eigenvalue weighted by molar-refractivity contribution is -0.389. The molecule has 0 aliphatic carbocycles. The Hall–Kier alpha value is -1.96. The van der Waals surface area contributed by atoms with E-state index in [2.05, 4.69) is 9.97 Å². The van der Waals surface area contributed by atoms with Crippen LogP contribution in [0.5, 0.6) is 0 Å². The Balaban J connectivity index is 2.14. The fourth-order valence-corrected chi connectivity index (χ4v) is 1.80. The Bertz CT molecular complexity index is 436. The van der Waals surface area contributed by atoms with Crippen molar-refractivity contribution in [3.05, 3.63) is 22.1 Å². The first-order valence-corrected chi connectivity index (χ1v) is 5.24. The molecule has 2 N–H and O–H groups in total. The van der Waals surface area contributed by atoms with Crippen LogP contribution in [-0.2, 0) is 0 Å². The molecule has 0 unspecified atom stereocenters. The number of aliphatic hydroxyl groups excluding tert-OH is 1. The number of nitrogens with one attached hydrogen (secondary N) is 1. The number of piperidine rings is 1. The molecule has 2 heterocycles. The normalized spacial score (nSPS) is 17.1. The molecule has 1 aliphatic heterocycles. The molecule has 0 atom stereocenters. The number of amides is 1. The molecule has 1 aromatic heterocycles. The predicted molar refractivity (Wildman–Crippen MR) is 56.4 cm³/mol. The number of nitro groups is 1. The summed E-state index contributed by atoms with van der Waals surface area (Å²) >= 11 is 0. The molecule has 8 nitrogen and oxygen atoms in total. The fourth-order valence-electron chi connectivity index (χ4n) is 1.80. The zero-order chi connectivity index (χ0) is 12.4. The molecule has 8 heteroatoms. The first kappa shape index (κ1) is 11.5. The van der Waals surface area contributed by atoms with Gasteiger partial charge >= 0.3 is 5.82 Å². The van der Waals surface area contributed by atoms with Gasteiger partial charge in [-0.05, 0) is 17.8 Å². The number of aromatic nitrogens is 2. The third-order valence-corrected chi connectivity index (χ3v) is 2.76. The van der Waals surface area contributed by atoms with Gasteiger partial charge in [-0.3, -0.25) is 4.79 Å². The van der Waals surface area contributed by atoms with Crippen LogP contribution in [0.2, 0.25) is 0 Å². The number of likely N-dealkylation sites (tertiary alicyclic amines) is 1. The minimum absolute atomic E-state index is 0.175. The van der Waals surface area contributed by atoms with Gasteiger partial charge in [0.25, 0.3) is 5.91 Å². The number of carbonyl (C=O) groups excluding carboxylic acids is 1. The van der Waals surface area contributed by atoms with E-state index in [4.69, 9.17) is 0 Å². The highest BCUT2D eigenvalue weighted by Gasteiger charge is 2.29. The van der Waals surface area contributed by atoms with Crippen molar-refractivity contribution in [3.63, 3.8) is 0 Å². The molecule has 1 amide bonds. The van der Waals surface area contributed by atoms with E-state index in [-0.39, 0.29) is 11.5 Å². The number of hydrogen-bond donors (Lipinski definition) is 2. The van der Waals surface area contributed by atoms with E-state index < -0.39 is 16.9 Å². The van der Waals surface area contributed by atoms with Gasteiger partial charge in [0, 0.05) is 13.1 Å². The number of rotatable bonds is 2. The largest absolute Gasteiger partial charge is 0.393 e. The second-order valence-electron chi connectivity index (χ2n) is 3.88. The Morgan fingerprint density at radius 2 is 2.24 bits per heavy atom. The topological polar surface area (TPSA) is 112 Å². The van der Waals surface area contributed by atoms with Crippen molar-refractivity contribution in [2.75, 3.05) is 13.1 Å². The number of H-pyrrole nitrogens is 1. The van der Waals surface area contributed by atoms with E-state index in [1.807, 2.05) is 0 Å². The van der Waals surface area contributed by atoms with Gasteiger partial charge in [0.2, 0.25) is 5.69 Å². The van der Waals surface area contributed by atoms with Crippen molar-refractivity contribution in [2.45, 2.75) is 18.9 Å². The summed E-state index contributed by atoms with van der Waals surface area (Å²) in [5.41, 5.74) is -0.175. The lowest BCUT2D eigenvalue weighted by atomic mass is 10.1. The fraction of sp³-hybridized carbons (Fsp3) is 0.556. The summed E-state index contributed by atoms with van der Waals surface area (Å²) in [6.07, 6.45) is 1.71. The smallest absolute Gasteiger partial charge is 0.353 e. The van der Waals surface area contributed by atoms with Gasteiger partial charge < -0.3 is 20.1 Å². The second-order valence-corrected chi connectivity index (χ2v) is 3.88. The Kier molecular flexibility index (Phi) is 3.05. The zero-order valence-corrected chi connectivity index (χ0v) is 9.00. The minimum Gasteiger partial charge on any atom is -0.393 e. The average molecular weight is 240 g/mol. The van der Waals surface area contributed by atoms with Crippen LogP contribution in [0.15, 0.2) is 6.33 Å². The van der Waals surface area contributed by atoms with Crippen molar-refractivity contribution < 1.29 is 14.8 Å². The van der Waals surface area contributed by atoms with E-state index in [1.54, 1.807) is 0 Å². The van der Waals surface area contributed by atoms with Crippen LogP contribution >= 0.6 is 0 Å². The highest BCUT2D eigenvalue weighted by molar-refractivity contribution is 5.95. The van der Waals surface area contributed by atoms with Crippen LogP contribution in [-0.4, -0.2) is 50.0 Å². The maximum absolute atomic E-state index is 12.0. The van der Waals surface area contributed by atoms with Gasteiger partial charge in [-0.1, -0.05) is 0 Å². The number of nitrogens with zero attached hydrogens (tertiary/aromatic N) is 3. The molecular formula is C9H12N4O4. The highest BCUT2D eigenvalue weighted by Crippen LogP contribution is 2.18. The van der Waals surface area contributed by atoms with E-state index in [9.17, 15) is 20.0 Å². The van der Waals surface area contributed by atoms with Gasteiger partial charge in [-0.2, -0.15) is 0 Å². The van der Waals surface area contributed by atoms with E-state index in [0.717, 1.165) is 6.33 Å². The summed E-state index contributed by atoms with van der Waals surface area (Å²) in [7, 11) is 0. The summed E-state index contributed by atoms with van der Waals surface area (Å²) in [6, 6.07) is 0. The predicted octanol–water partition coefficient (Wildman–Crippen LogP) is -0.0852. The summed E-state index contributed by atoms with van der Waals surface area (Å²) in [6.45, 7) is 0.786. The van der Waals surface area contributed by atoms with Crippen LogP contribution in [0.1, 0.15) is 23.3 Å². The van der Waals surface area contributed by atoms with Crippen molar-refractivity contribution in [2.24, 2.45) is 0 Å². The lowest BCUT2D eigenvalue weighted by Gasteiger charge is -2.28. The van der Waals surface area contributed by atoms with Crippen molar-refractivity contribution in [1.82, 2.24) is 14.9 Å². The lowest BCUT2D eigenvalue weighted by Crippen LogP contribution is -2.40. The maximum Gasteiger partial charge on any atom is 0.353 e. The van der Waals surface area contributed by atoms with Crippen LogP contribution in [0, 0.1) is 10.1 Å². The van der Waals surface area contributed by atoms with Crippen LogP contribution in [0.4, 0.5) is 5.82 Å². The summed E-state index contributed by atoms with van der Waals surface area (Å²) < 4.78 is 0. The van der Waals surface area contributed by atoms with Crippen molar-refractivity contribution in [3.8, 4) is 0 Å². The SMILES string of the molecule is O=C(c1nc[nH]c1[N+](=O)[O-])N1CCC(O)CC1.